The molecular weight excluding hydrogens is 697 g/mol. The van der Waals surface area contributed by atoms with Gasteiger partial charge in [-0.15, -0.1) is 11.3 Å². The van der Waals surface area contributed by atoms with Crippen LogP contribution in [0.15, 0.2) is 66.0 Å². The molecule has 0 radical (unpaired) electrons. The Labute approximate surface area is 317 Å². The number of benzene rings is 2. The van der Waals surface area contributed by atoms with Gasteiger partial charge in [-0.05, 0) is 77.8 Å². The van der Waals surface area contributed by atoms with Gasteiger partial charge in [0.1, 0.15) is 17.2 Å². The predicted octanol–water partition coefficient (Wildman–Crippen LogP) is 6.27. The largest absolute Gasteiger partial charge is 0.444 e. The number of nitrogens with one attached hydrogen (secondary N) is 4. The van der Waals surface area contributed by atoms with Crippen LogP contribution in [0.5, 0.6) is 0 Å². The summed E-state index contributed by atoms with van der Waals surface area (Å²) in [7, 11) is 1.58. The molecule has 0 aliphatic carbocycles. The van der Waals surface area contributed by atoms with Crippen LogP contribution in [-0.2, 0) is 33.7 Å². The predicted molar refractivity (Wildman–Crippen MR) is 207 cm³/mol. The van der Waals surface area contributed by atoms with E-state index in [1.165, 1.54) is 16.2 Å². The molecule has 0 aliphatic heterocycles. The van der Waals surface area contributed by atoms with Gasteiger partial charge in [-0.3, -0.25) is 10.1 Å². The van der Waals surface area contributed by atoms with Gasteiger partial charge in [0, 0.05) is 18.5 Å². The van der Waals surface area contributed by atoms with Crippen molar-refractivity contribution in [2.75, 3.05) is 12.4 Å². The molecule has 1 aromatic heterocycles. The summed E-state index contributed by atoms with van der Waals surface area (Å²) in [5.41, 5.74) is 1.02. The van der Waals surface area contributed by atoms with E-state index in [0.29, 0.717) is 23.7 Å². The Morgan fingerprint density at radius 3 is 1.91 bits per heavy atom. The lowest BCUT2D eigenvalue weighted by atomic mass is 9.93. The van der Waals surface area contributed by atoms with Crippen molar-refractivity contribution in [2.24, 2.45) is 5.92 Å². The second-order valence-corrected chi connectivity index (χ2v) is 16.3. The van der Waals surface area contributed by atoms with Crippen molar-refractivity contribution in [3.05, 3.63) is 82.9 Å². The van der Waals surface area contributed by atoms with Crippen LogP contribution in [0.4, 0.5) is 19.5 Å². The average molecular weight is 753 g/mol. The molecule has 0 saturated carbocycles. The zero-order chi connectivity index (χ0) is 39.3. The first-order valence-electron chi connectivity index (χ1n) is 17.8. The molecule has 13 nitrogen and oxygen atoms in total. The minimum atomic E-state index is -1.08. The first-order valence-corrected chi connectivity index (χ1v) is 18.7. The Hall–Kier alpha value is -4.69. The topological polar surface area (TPSA) is 171 Å². The molecule has 5 N–H and O–H groups in total. The number of rotatable bonds is 15. The van der Waals surface area contributed by atoms with Crippen molar-refractivity contribution in [1.29, 1.82) is 0 Å². The van der Waals surface area contributed by atoms with E-state index in [1.807, 2.05) is 74.5 Å². The van der Waals surface area contributed by atoms with Gasteiger partial charge in [-0.1, -0.05) is 74.5 Å². The highest BCUT2D eigenvalue weighted by atomic mass is 32.1. The van der Waals surface area contributed by atoms with Crippen molar-refractivity contribution in [1.82, 2.24) is 25.8 Å². The number of ether oxygens (including phenoxy) is 2. The summed E-state index contributed by atoms with van der Waals surface area (Å²) in [5, 5.41) is 25.2. The molecule has 0 fully saturated rings. The first-order chi connectivity index (χ1) is 24.8. The van der Waals surface area contributed by atoms with Crippen LogP contribution in [0.2, 0.25) is 0 Å². The number of amides is 5. The van der Waals surface area contributed by atoms with E-state index < -0.39 is 59.6 Å². The maximum Gasteiger partial charge on any atom is 0.413 e. The Morgan fingerprint density at radius 1 is 0.811 bits per heavy atom. The monoisotopic (exact) mass is 752 g/mol. The number of alkyl carbamates (subject to hydrolysis) is 1. The highest BCUT2D eigenvalue weighted by Crippen LogP contribution is 2.19. The summed E-state index contributed by atoms with van der Waals surface area (Å²) >= 11 is 1.20. The molecule has 0 unspecified atom stereocenters. The third kappa shape index (κ3) is 15.8. The molecule has 0 bridgehead atoms. The molecule has 14 heteroatoms. The van der Waals surface area contributed by atoms with Crippen molar-refractivity contribution < 1.29 is 33.8 Å². The molecule has 0 aliphatic rings. The Bertz CT molecular complexity index is 1620. The van der Waals surface area contributed by atoms with Crippen LogP contribution < -0.4 is 21.3 Å². The van der Waals surface area contributed by atoms with E-state index in [2.05, 4.69) is 26.3 Å². The lowest BCUT2D eigenvalue weighted by molar-refractivity contribution is -0.125. The quantitative estimate of drug-likeness (QED) is 0.121. The third-order valence-electron chi connectivity index (χ3n) is 7.80. The second kappa shape index (κ2) is 19.4. The normalized spacial score (nSPS) is 13.9. The van der Waals surface area contributed by atoms with Gasteiger partial charge in [-0.25, -0.2) is 19.4 Å². The van der Waals surface area contributed by atoms with Crippen molar-refractivity contribution >= 4 is 40.6 Å². The molecule has 0 saturated heterocycles. The minimum Gasteiger partial charge on any atom is -0.444 e. The summed E-state index contributed by atoms with van der Waals surface area (Å²) in [6, 6.07) is 16.4. The van der Waals surface area contributed by atoms with Gasteiger partial charge in [0.25, 0.3) is 0 Å². The number of anilines is 1. The number of carbonyl (C=O) groups is 4. The molecule has 4 atom stereocenters. The van der Waals surface area contributed by atoms with Crippen LogP contribution in [-0.4, -0.2) is 81.6 Å². The fourth-order valence-corrected chi connectivity index (χ4v) is 6.05. The van der Waals surface area contributed by atoms with Crippen LogP contribution in [0.1, 0.15) is 78.6 Å². The number of hydrogen-bond donors (Lipinski definition) is 5. The number of hydrogen-bond acceptors (Lipinski definition) is 9. The Morgan fingerprint density at radius 2 is 1.36 bits per heavy atom. The zero-order valence-corrected chi connectivity index (χ0v) is 33.1. The van der Waals surface area contributed by atoms with Crippen molar-refractivity contribution in [3.8, 4) is 0 Å². The summed E-state index contributed by atoms with van der Waals surface area (Å²) < 4.78 is 10.8. The highest BCUT2D eigenvalue weighted by Gasteiger charge is 2.32. The Kier molecular flexibility index (Phi) is 15.6. The SMILES string of the molecule is CC(C)[C@H](NC(=O)N(C)Cc1csc(NC(=O)OC(C)(C)C)n1)C(=O)N[C@@H](Cc1ccccc1)[C@@H](O)C[C@H](Cc1ccccc1)NC(=O)OC(C)(C)C. The number of aromatic nitrogens is 1. The van der Waals surface area contributed by atoms with Gasteiger partial charge in [-0.2, -0.15) is 0 Å². The summed E-state index contributed by atoms with van der Waals surface area (Å²) in [6.45, 7) is 14.4. The van der Waals surface area contributed by atoms with Gasteiger partial charge >= 0.3 is 18.2 Å². The van der Waals surface area contributed by atoms with E-state index in [4.69, 9.17) is 9.47 Å². The molecule has 5 amide bonds. The number of thiazole rings is 1. The van der Waals surface area contributed by atoms with Gasteiger partial charge in [0.05, 0.1) is 24.4 Å². The molecule has 290 valence electrons. The van der Waals surface area contributed by atoms with Gasteiger partial charge < -0.3 is 35.4 Å². The standard InChI is InChI=1S/C39H56N6O7S/c1-25(2)32(43-35(48)45(9)23-29-24-53-34(40-29)44-37(50)52-39(6,7)8)33(47)42-30(21-27-18-14-11-15-19-27)31(46)22-28(20-26-16-12-10-13-17-26)41-36(49)51-38(3,4)5/h10-19,24-25,28,30-32,46H,20-23H2,1-9H3,(H,41,49)(H,42,47)(H,43,48)(H,40,44,50)/t28-,30-,31-,32-/m0/s1. The molecule has 2 aromatic carbocycles. The molecule has 0 spiro atoms. The zero-order valence-electron chi connectivity index (χ0n) is 32.3. The maximum absolute atomic E-state index is 13.9. The lowest BCUT2D eigenvalue weighted by Gasteiger charge is -2.31. The highest BCUT2D eigenvalue weighted by molar-refractivity contribution is 7.13. The average Bonchev–Trinajstić information content (AvgIpc) is 3.47. The maximum atomic E-state index is 13.9. The van der Waals surface area contributed by atoms with Gasteiger partial charge in [0.15, 0.2) is 5.13 Å². The third-order valence-corrected chi connectivity index (χ3v) is 8.60. The van der Waals surface area contributed by atoms with Crippen molar-refractivity contribution in [3.63, 3.8) is 0 Å². The van der Waals surface area contributed by atoms with Gasteiger partial charge in [0.2, 0.25) is 5.91 Å². The molecular formula is C39H56N6O7S. The van der Waals surface area contributed by atoms with Crippen LogP contribution >= 0.6 is 11.3 Å². The van der Waals surface area contributed by atoms with E-state index in [0.717, 1.165) is 11.1 Å². The van der Waals surface area contributed by atoms with Crippen LogP contribution in [0, 0.1) is 5.92 Å². The molecule has 3 aromatic rings. The van der Waals surface area contributed by atoms with Crippen molar-refractivity contribution in [2.45, 2.75) is 117 Å². The molecule has 53 heavy (non-hydrogen) atoms. The number of nitrogens with zero attached hydrogens (tertiary/aromatic N) is 2. The van der Waals surface area contributed by atoms with E-state index in [1.54, 1.807) is 54.0 Å². The number of aliphatic hydroxyl groups excluding tert-OH is 1. The number of aliphatic hydroxyl groups is 1. The fourth-order valence-electron chi connectivity index (χ4n) is 5.37. The number of urea groups is 1. The minimum absolute atomic E-state index is 0.117. The van der Waals surface area contributed by atoms with E-state index >= 15 is 0 Å². The smallest absolute Gasteiger partial charge is 0.413 e. The van der Waals surface area contributed by atoms with Crippen LogP contribution in [0.3, 0.4) is 0 Å². The number of carbonyl (C=O) groups excluding carboxylic acids is 4. The molecule has 1 heterocycles. The summed E-state index contributed by atoms with van der Waals surface area (Å²) in [5.74, 6) is -0.760. The summed E-state index contributed by atoms with van der Waals surface area (Å²) in [6.07, 6.45) is -1.46. The Balaban J connectivity index is 1.73. The van der Waals surface area contributed by atoms with E-state index in [9.17, 15) is 24.3 Å². The lowest BCUT2D eigenvalue weighted by Crippen LogP contribution is -2.57. The van der Waals surface area contributed by atoms with Crippen LogP contribution in [0.25, 0.3) is 0 Å². The summed E-state index contributed by atoms with van der Waals surface area (Å²) in [4.78, 5) is 58.0. The second-order valence-electron chi connectivity index (χ2n) is 15.4. The first kappa shape index (κ1) is 42.7. The van der Waals surface area contributed by atoms with E-state index in [-0.39, 0.29) is 18.9 Å². The fraction of sp³-hybridized carbons (Fsp3) is 0.513. The molecule has 3 rings (SSSR count).